The number of carbonyl (C=O) groups excluding carboxylic acids is 1. The average Bonchev–Trinajstić information content (AvgIpc) is 3.03. The van der Waals surface area contributed by atoms with Gasteiger partial charge in [-0.15, -0.1) is 0 Å². The van der Waals surface area contributed by atoms with Gasteiger partial charge in [-0.1, -0.05) is 18.5 Å². The van der Waals surface area contributed by atoms with Crippen LogP contribution in [0.3, 0.4) is 0 Å². The van der Waals surface area contributed by atoms with E-state index in [2.05, 4.69) is 30.8 Å². The Hall–Kier alpha value is -2.24. The van der Waals surface area contributed by atoms with Crippen molar-refractivity contribution in [3.8, 4) is 11.5 Å². The van der Waals surface area contributed by atoms with Gasteiger partial charge in [0.1, 0.15) is 11.5 Å². The molecule has 2 aromatic rings. The van der Waals surface area contributed by atoms with Crippen LogP contribution in [0.2, 0.25) is 5.02 Å². The normalized spacial score (nSPS) is 24.3. The Morgan fingerprint density at radius 1 is 1.12 bits per heavy atom. The number of hydrogen-bond donors (Lipinski definition) is 0. The molecule has 2 heterocycles. The van der Waals surface area contributed by atoms with Crippen molar-refractivity contribution in [3.05, 3.63) is 53.1 Å². The summed E-state index contributed by atoms with van der Waals surface area (Å²) in [6, 6.07) is 12.4. The van der Waals surface area contributed by atoms with E-state index in [1.54, 1.807) is 24.3 Å². The Bertz CT molecular complexity index is 855. The number of likely N-dealkylation sites (N-methyl/N-ethyl adjacent to an activating group) is 2. The number of likely N-dealkylation sites (tertiary alicyclic amines) is 1. The maximum absolute atomic E-state index is 12.1. The highest BCUT2D eigenvalue weighted by molar-refractivity contribution is 6.30. The van der Waals surface area contributed by atoms with Crippen LogP contribution >= 0.6 is 11.6 Å². The van der Waals surface area contributed by atoms with Crippen LogP contribution in [0.15, 0.2) is 42.5 Å². The Morgan fingerprint density at radius 2 is 1.77 bits per heavy atom. The van der Waals surface area contributed by atoms with Crippen molar-refractivity contribution in [1.29, 1.82) is 0 Å². The molecule has 0 N–H and O–H groups in total. The average molecular weight is 373 g/mol. The smallest absolute Gasteiger partial charge is 0.395 e. The van der Waals surface area contributed by atoms with Gasteiger partial charge in [-0.2, -0.15) is 0 Å². The molecule has 1 fully saturated rings. The zero-order valence-corrected chi connectivity index (χ0v) is 15.8. The second kappa shape index (κ2) is 6.18. The maximum Gasteiger partial charge on any atom is 0.519 e. The lowest BCUT2D eigenvalue weighted by Gasteiger charge is -2.32. The molecule has 6 heteroatoms. The molecule has 2 aliphatic rings. The number of ether oxygens (including phenoxy) is 2. The molecule has 0 unspecified atom stereocenters. The lowest BCUT2D eigenvalue weighted by atomic mass is 9.81. The molecule has 0 amide bonds. The molecule has 2 aliphatic heterocycles. The van der Waals surface area contributed by atoms with Crippen LogP contribution in [0.5, 0.6) is 11.5 Å². The molecule has 26 heavy (non-hydrogen) atoms. The van der Waals surface area contributed by atoms with Gasteiger partial charge in [0.05, 0.1) is 6.17 Å². The van der Waals surface area contributed by atoms with Crippen LogP contribution in [0.4, 0.5) is 10.5 Å². The van der Waals surface area contributed by atoms with Gasteiger partial charge in [0, 0.05) is 29.7 Å². The van der Waals surface area contributed by atoms with Crippen molar-refractivity contribution in [1.82, 2.24) is 4.90 Å². The van der Waals surface area contributed by atoms with Gasteiger partial charge in [-0.25, -0.2) is 4.79 Å². The van der Waals surface area contributed by atoms with E-state index in [0.29, 0.717) is 22.7 Å². The van der Waals surface area contributed by atoms with Crippen molar-refractivity contribution in [2.45, 2.75) is 24.9 Å². The standard InChI is InChI=1S/C20H21ClN2O3/c1-20-10-11-22(2)18(20)23(3)17-9-8-15(12-16(17)20)26-19(24)25-14-6-4-13(21)5-7-14/h4-9,12,18H,10-11H2,1-3H3/t18-,20-/m0/s1. The van der Waals surface area contributed by atoms with Crippen molar-refractivity contribution in [3.63, 3.8) is 0 Å². The minimum absolute atomic E-state index is 0.0261. The Labute approximate surface area is 158 Å². The molecule has 0 radical (unpaired) electrons. The Balaban J connectivity index is 1.54. The predicted molar refractivity (Wildman–Crippen MR) is 101 cm³/mol. The largest absolute Gasteiger partial charge is 0.519 e. The molecule has 0 aromatic heterocycles. The van der Waals surface area contributed by atoms with E-state index < -0.39 is 6.16 Å². The topological polar surface area (TPSA) is 42.0 Å². The van der Waals surface area contributed by atoms with Crippen LogP contribution < -0.4 is 14.4 Å². The fourth-order valence-corrected chi connectivity index (χ4v) is 4.46. The molecule has 136 valence electrons. The van der Waals surface area contributed by atoms with E-state index in [4.69, 9.17) is 21.1 Å². The van der Waals surface area contributed by atoms with Gasteiger partial charge in [-0.3, -0.25) is 4.90 Å². The first-order valence-electron chi connectivity index (χ1n) is 8.61. The van der Waals surface area contributed by atoms with E-state index in [1.165, 1.54) is 11.3 Å². The van der Waals surface area contributed by atoms with Crippen molar-refractivity contribution in [2.75, 3.05) is 25.5 Å². The monoisotopic (exact) mass is 372 g/mol. The number of rotatable bonds is 2. The molecular formula is C20H21ClN2O3. The van der Waals surface area contributed by atoms with Crippen molar-refractivity contribution < 1.29 is 14.3 Å². The predicted octanol–water partition coefficient (Wildman–Crippen LogP) is 4.29. The summed E-state index contributed by atoms with van der Waals surface area (Å²) in [6.45, 7) is 3.33. The van der Waals surface area contributed by atoms with Crippen LogP contribution in [-0.2, 0) is 5.41 Å². The minimum Gasteiger partial charge on any atom is -0.395 e. The van der Waals surface area contributed by atoms with E-state index >= 15 is 0 Å². The quantitative estimate of drug-likeness (QED) is 0.581. The summed E-state index contributed by atoms with van der Waals surface area (Å²) in [7, 11) is 4.27. The minimum atomic E-state index is -0.760. The maximum atomic E-state index is 12.1. The SMILES string of the molecule is CN1CC[C@@]2(C)c3cc(OC(=O)Oc4ccc(Cl)cc4)ccc3N(C)[C@H]12. The third kappa shape index (κ3) is 2.72. The fraction of sp³-hybridized carbons (Fsp3) is 0.350. The molecule has 0 aliphatic carbocycles. The lowest BCUT2D eigenvalue weighted by Crippen LogP contribution is -2.45. The fourth-order valence-electron chi connectivity index (χ4n) is 4.33. The third-order valence-corrected chi connectivity index (χ3v) is 5.77. The summed E-state index contributed by atoms with van der Waals surface area (Å²) in [4.78, 5) is 16.8. The first-order valence-corrected chi connectivity index (χ1v) is 8.99. The molecule has 0 saturated carbocycles. The molecule has 2 aromatic carbocycles. The van der Waals surface area contributed by atoms with Gasteiger partial charge in [0.15, 0.2) is 0 Å². The number of nitrogens with zero attached hydrogens (tertiary/aromatic N) is 2. The number of anilines is 1. The number of carbonyl (C=O) groups is 1. The van der Waals surface area contributed by atoms with E-state index in [-0.39, 0.29) is 5.41 Å². The summed E-state index contributed by atoms with van der Waals surface area (Å²) < 4.78 is 10.6. The summed E-state index contributed by atoms with van der Waals surface area (Å²) in [5.41, 5.74) is 2.42. The summed E-state index contributed by atoms with van der Waals surface area (Å²) >= 11 is 5.83. The zero-order valence-electron chi connectivity index (χ0n) is 15.0. The second-order valence-corrected chi connectivity index (χ2v) is 7.66. The molecular weight excluding hydrogens is 352 g/mol. The molecule has 1 saturated heterocycles. The number of halogens is 1. The Kier molecular flexibility index (Phi) is 4.09. The molecule has 0 spiro atoms. The van der Waals surface area contributed by atoms with Crippen LogP contribution in [-0.4, -0.2) is 37.9 Å². The summed E-state index contributed by atoms with van der Waals surface area (Å²) in [6.07, 6.45) is 0.641. The van der Waals surface area contributed by atoms with Gasteiger partial charge in [0.2, 0.25) is 0 Å². The molecule has 4 rings (SSSR count). The second-order valence-electron chi connectivity index (χ2n) is 7.22. The highest BCUT2D eigenvalue weighted by atomic mass is 35.5. The summed E-state index contributed by atoms with van der Waals surface area (Å²) in [5, 5.41) is 0.581. The van der Waals surface area contributed by atoms with E-state index in [1.807, 2.05) is 18.2 Å². The van der Waals surface area contributed by atoms with Gasteiger partial charge in [-0.05, 0) is 61.5 Å². The highest BCUT2D eigenvalue weighted by Crippen LogP contribution is 2.51. The summed E-state index contributed by atoms with van der Waals surface area (Å²) in [5.74, 6) is 0.886. The van der Waals surface area contributed by atoms with Crippen LogP contribution in [0.25, 0.3) is 0 Å². The third-order valence-electron chi connectivity index (χ3n) is 5.52. The molecule has 0 bridgehead atoms. The van der Waals surface area contributed by atoms with E-state index in [9.17, 15) is 4.79 Å². The first kappa shape index (κ1) is 17.2. The van der Waals surface area contributed by atoms with E-state index in [0.717, 1.165) is 13.0 Å². The van der Waals surface area contributed by atoms with Gasteiger partial charge >= 0.3 is 6.16 Å². The van der Waals surface area contributed by atoms with Gasteiger partial charge in [0.25, 0.3) is 0 Å². The van der Waals surface area contributed by atoms with Crippen LogP contribution in [0, 0.1) is 0 Å². The molecule has 5 nitrogen and oxygen atoms in total. The number of hydrogen-bond acceptors (Lipinski definition) is 5. The van der Waals surface area contributed by atoms with Crippen LogP contribution in [0.1, 0.15) is 18.9 Å². The van der Waals surface area contributed by atoms with Gasteiger partial charge < -0.3 is 14.4 Å². The highest BCUT2D eigenvalue weighted by Gasteiger charge is 2.52. The first-order chi connectivity index (χ1) is 12.4. The lowest BCUT2D eigenvalue weighted by molar-refractivity contribution is 0.152. The van der Waals surface area contributed by atoms with Crippen molar-refractivity contribution in [2.24, 2.45) is 0 Å². The Morgan fingerprint density at radius 3 is 2.50 bits per heavy atom. The zero-order chi connectivity index (χ0) is 18.5. The molecule has 2 atom stereocenters. The number of fused-ring (bicyclic) bond motifs is 3. The van der Waals surface area contributed by atoms with Crippen molar-refractivity contribution >= 4 is 23.4 Å². The number of benzene rings is 2.